The number of carbonyl (C=O) groups excluding carboxylic acids is 1. The molecule has 1 aliphatic heterocycles. The number of thioether (sulfide) groups is 1. The number of rotatable bonds is 3. The first-order valence-electron chi connectivity index (χ1n) is 7.50. The Hall–Kier alpha value is -2.28. The predicted octanol–water partition coefficient (Wildman–Crippen LogP) is 3.24. The van der Waals surface area contributed by atoms with Crippen LogP contribution in [0, 0.1) is 0 Å². The molecule has 120 valence electrons. The van der Waals surface area contributed by atoms with E-state index in [1.807, 2.05) is 28.8 Å². The molecule has 7 heteroatoms. The third-order valence-electron chi connectivity index (χ3n) is 3.37. The third kappa shape index (κ3) is 4.59. The molecule has 0 spiro atoms. The Morgan fingerprint density at radius 1 is 1.13 bits per heavy atom. The van der Waals surface area contributed by atoms with Crippen LogP contribution >= 0.6 is 11.8 Å². The van der Waals surface area contributed by atoms with Crippen LogP contribution < -0.4 is 10.1 Å². The van der Waals surface area contributed by atoms with E-state index >= 15 is 0 Å². The molecule has 0 saturated carbocycles. The van der Waals surface area contributed by atoms with Crippen LogP contribution in [0.15, 0.2) is 42.7 Å². The molecule has 1 saturated heterocycles. The van der Waals surface area contributed by atoms with Crippen LogP contribution in [0.25, 0.3) is 0 Å². The number of aromatic nitrogens is 2. The van der Waals surface area contributed by atoms with E-state index < -0.39 is 0 Å². The second kappa shape index (κ2) is 7.82. The van der Waals surface area contributed by atoms with Crippen molar-refractivity contribution < 1.29 is 9.53 Å². The van der Waals surface area contributed by atoms with Crippen molar-refractivity contribution in [2.45, 2.75) is 6.42 Å². The molecule has 23 heavy (non-hydrogen) atoms. The van der Waals surface area contributed by atoms with Crippen molar-refractivity contribution in [2.75, 3.05) is 29.9 Å². The van der Waals surface area contributed by atoms with Gasteiger partial charge in [0.05, 0.1) is 0 Å². The van der Waals surface area contributed by atoms with Gasteiger partial charge in [0, 0.05) is 36.9 Å². The number of ether oxygens (including phenoxy) is 1. The van der Waals surface area contributed by atoms with Crippen molar-refractivity contribution >= 4 is 23.5 Å². The minimum Gasteiger partial charge on any atom is -0.424 e. The van der Waals surface area contributed by atoms with Crippen LogP contribution in [-0.4, -0.2) is 45.5 Å². The van der Waals surface area contributed by atoms with Crippen molar-refractivity contribution in [3.05, 3.63) is 42.7 Å². The summed E-state index contributed by atoms with van der Waals surface area (Å²) < 4.78 is 5.52. The van der Waals surface area contributed by atoms with Crippen LogP contribution in [-0.2, 0) is 0 Å². The first-order chi connectivity index (χ1) is 11.3. The summed E-state index contributed by atoms with van der Waals surface area (Å²) >= 11 is 1.90. The number of nitrogens with one attached hydrogen (secondary N) is 1. The Morgan fingerprint density at radius 3 is 2.70 bits per heavy atom. The van der Waals surface area contributed by atoms with Crippen LogP contribution in [0.5, 0.6) is 11.8 Å². The quantitative estimate of drug-likeness (QED) is 0.936. The van der Waals surface area contributed by atoms with Crippen molar-refractivity contribution in [1.82, 2.24) is 14.9 Å². The van der Waals surface area contributed by atoms with E-state index in [-0.39, 0.29) is 6.03 Å². The van der Waals surface area contributed by atoms with Crippen LogP contribution in [0.1, 0.15) is 6.42 Å². The van der Waals surface area contributed by atoms with Crippen molar-refractivity contribution in [1.29, 1.82) is 0 Å². The molecule has 3 rings (SSSR count). The average molecular weight is 330 g/mol. The van der Waals surface area contributed by atoms with E-state index in [0.29, 0.717) is 11.8 Å². The highest BCUT2D eigenvalue weighted by molar-refractivity contribution is 7.99. The Labute approximate surface area is 139 Å². The molecule has 1 N–H and O–H groups in total. The smallest absolute Gasteiger partial charge is 0.321 e. The zero-order chi connectivity index (χ0) is 15.9. The molecule has 0 unspecified atom stereocenters. The molecule has 2 heterocycles. The van der Waals surface area contributed by atoms with Gasteiger partial charge in [-0.3, -0.25) is 0 Å². The highest BCUT2D eigenvalue weighted by atomic mass is 32.2. The van der Waals surface area contributed by atoms with Crippen LogP contribution in [0.4, 0.5) is 10.5 Å². The van der Waals surface area contributed by atoms with Gasteiger partial charge in [-0.2, -0.15) is 11.8 Å². The number of hydrogen-bond acceptors (Lipinski definition) is 5. The first kappa shape index (κ1) is 15.6. The van der Waals surface area contributed by atoms with E-state index in [1.54, 1.807) is 30.6 Å². The van der Waals surface area contributed by atoms with Crippen LogP contribution in [0.3, 0.4) is 0 Å². The largest absolute Gasteiger partial charge is 0.424 e. The minimum absolute atomic E-state index is 0.0486. The van der Waals surface area contributed by atoms with E-state index in [4.69, 9.17) is 4.74 Å². The summed E-state index contributed by atoms with van der Waals surface area (Å²) in [5.41, 5.74) is 0.744. The lowest BCUT2D eigenvalue weighted by molar-refractivity contribution is 0.216. The van der Waals surface area contributed by atoms with E-state index in [9.17, 15) is 4.79 Å². The summed E-state index contributed by atoms with van der Waals surface area (Å²) in [6.45, 7) is 1.61. The van der Waals surface area contributed by atoms with Gasteiger partial charge < -0.3 is 15.0 Å². The number of carbonyl (C=O) groups is 1. The monoisotopic (exact) mass is 330 g/mol. The highest BCUT2D eigenvalue weighted by Gasteiger charge is 2.15. The van der Waals surface area contributed by atoms with Gasteiger partial charge in [-0.05, 0) is 42.5 Å². The van der Waals surface area contributed by atoms with Gasteiger partial charge in [0.25, 0.3) is 0 Å². The fourth-order valence-corrected chi connectivity index (χ4v) is 3.09. The van der Waals surface area contributed by atoms with Gasteiger partial charge in [0.2, 0.25) is 0 Å². The topological polar surface area (TPSA) is 67.3 Å². The molecule has 0 radical (unpaired) electrons. The second-order valence-corrected chi connectivity index (χ2v) is 6.27. The molecule has 1 aliphatic rings. The van der Waals surface area contributed by atoms with Gasteiger partial charge in [-0.15, -0.1) is 0 Å². The maximum atomic E-state index is 12.3. The first-order valence-corrected chi connectivity index (χ1v) is 8.65. The maximum Gasteiger partial charge on any atom is 0.321 e. The van der Waals surface area contributed by atoms with E-state index in [1.165, 1.54) is 0 Å². The molecule has 2 amide bonds. The van der Waals surface area contributed by atoms with Gasteiger partial charge in [-0.25, -0.2) is 14.8 Å². The summed E-state index contributed by atoms with van der Waals surface area (Å²) in [6, 6.07) is 9.16. The average Bonchev–Trinajstić information content (AvgIpc) is 2.87. The molecule has 1 aromatic heterocycles. The fourth-order valence-electron chi connectivity index (χ4n) is 2.20. The lowest BCUT2D eigenvalue weighted by Crippen LogP contribution is -2.36. The molecule has 0 bridgehead atoms. The van der Waals surface area contributed by atoms with Crippen molar-refractivity contribution in [2.24, 2.45) is 0 Å². The SMILES string of the molecule is O=C(Nc1ccc(Oc2ncccn2)cc1)N1CCCSCC1. The zero-order valence-corrected chi connectivity index (χ0v) is 13.5. The molecule has 0 aliphatic carbocycles. The molecule has 0 atom stereocenters. The van der Waals surface area contributed by atoms with Gasteiger partial charge >= 0.3 is 12.0 Å². The van der Waals surface area contributed by atoms with E-state index in [2.05, 4.69) is 15.3 Å². The van der Waals surface area contributed by atoms with E-state index in [0.717, 1.165) is 36.7 Å². The number of hydrogen-bond donors (Lipinski definition) is 1. The summed E-state index contributed by atoms with van der Waals surface area (Å²) in [6.07, 6.45) is 4.29. The summed E-state index contributed by atoms with van der Waals surface area (Å²) in [5, 5.41) is 2.92. The minimum atomic E-state index is -0.0486. The molecule has 6 nitrogen and oxygen atoms in total. The Bertz CT molecular complexity index is 628. The molecule has 2 aromatic rings. The number of urea groups is 1. The third-order valence-corrected chi connectivity index (χ3v) is 4.41. The normalized spacial score (nSPS) is 14.9. The Balaban J connectivity index is 1.57. The highest BCUT2D eigenvalue weighted by Crippen LogP contribution is 2.20. The van der Waals surface area contributed by atoms with Crippen molar-refractivity contribution in [3.63, 3.8) is 0 Å². The molecule has 1 fully saturated rings. The van der Waals surface area contributed by atoms with Gasteiger partial charge in [0.15, 0.2) is 0 Å². The van der Waals surface area contributed by atoms with Gasteiger partial charge in [-0.1, -0.05) is 0 Å². The van der Waals surface area contributed by atoms with Crippen molar-refractivity contribution in [3.8, 4) is 11.8 Å². The Kier molecular flexibility index (Phi) is 5.31. The van der Waals surface area contributed by atoms with Gasteiger partial charge in [0.1, 0.15) is 5.75 Å². The fraction of sp³-hybridized carbons (Fsp3) is 0.312. The molecular formula is C16H18N4O2S. The van der Waals surface area contributed by atoms with Crippen LogP contribution in [0.2, 0.25) is 0 Å². The number of amides is 2. The standard InChI is InChI=1S/C16H18N4O2S/c21-16(20-9-2-11-23-12-10-20)19-13-3-5-14(6-4-13)22-15-17-7-1-8-18-15/h1,3-8H,2,9-12H2,(H,19,21). The number of nitrogens with zero attached hydrogens (tertiary/aromatic N) is 3. The predicted molar refractivity (Wildman–Crippen MR) is 91.1 cm³/mol. The number of benzene rings is 1. The maximum absolute atomic E-state index is 12.3. The molecule has 1 aromatic carbocycles. The summed E-state index contributed by atoms with van der Waals surface area (Å²) in [5.74, 6) is 2.75. The lowest BCUT2D eigenvalue weighted by Gasteiger charge is -2.20. The molecular weight excluding hydrogens is 312 g/mol. The second-order valence-electron chi connectivity index (χ2n) is 5.04. The summed E-state index contributed by atoms with van der Waals surface area (Å²) in [4.78, 5) is 22.1. The summed E-state index contributed by atoms with van der Waals surface area (Å²) in [7, 11) is 0. The number of anilines is 1. The lowest BCUT2D eigenvalue weighted by atomic mass is 10.3. The Morgan fingerprint density at radius 2 is 1.91 bits per heavy atom. The zero-order valence-electron chi connectivity index (χ0n) is 12.6.